The predicted octanol–water partition coefficient (Wildman–Crippen LogP) is 1.91. The number of aliphatic hydroxyl groups is 1. The molecule has 0 spiro atoms. The van der Waals surface area contributed by atoms with Crippen molar-refractivity contribution in [2.24, 2.45) is 11.8 Å². The fraction of sp³-hybridized carbons (Fsp3) is 0.941. The molecule has 2 heterocycles. The van der Waals surface area contributed by atoms with Crippen molar-refractivity contribution in [3.05, 3.63) is 0 Å². The molecule has 0 aromatic carbocycles. The van der Waals surface area contributed by atoms with Gasteiger partial charge in [-0.25, -0.2) is 4.79 Å². The summed E-state index contributed by atoms with van der Waals surface area (Å²) in [5, 5.41) is 12.8. The Morgan fingerprint density at radius 1 is 1.23 bits per heavy atom. The predicted molar refractivity (Wildman–Crippen MR) is 88.8 cm³/mol. The molecule has 22 heavy (non-hydrogen) atoms. The van der Waals surface area contributed by atoms with Crippen LogP contribution < -0.4 is 5.32 Å². The van der Waals surface area contributed by atoms with Gasteiger partial charge in [-0.2, -0.15) is 0 Å². The van der Waals surface area contributed by atoms with Crippen molar-refractivity contribution in [1.82, 2.24) is 15.1 Å². The Morgan fingerprint density at radius 3 is 2.55 bits per heavy atom. The fourth-order valence-corrected chi connectivity index (χ4v) is 3.53. The van der Waals surface area contributed by atoms with Crippen molar-refractivity contribution in [3.8, 4) is 0 Å². The zero-order chi connectivity index (χ0) is 16.1. The molecule has 2 N–H and O–H groups in total. The average Bonchev–Trinajstić information content (AvgIpc) is 2.53. The van der Waals surface area contributed by atoms with Crippen molar-refractivity contribution < 1.29 is 9.90 Å². The van der Waals surface area contributed by atoms with E-state index in [1.54, 1.807) is 0 Å². The van der Waals surface area contributed by atoms with E-state index < -0.39 is 0 Å². The molecule has 2 fully saturated rings. The number of hydrogen-bond acceptors (Lipinski definition) is 3. The molecule has 0 aromatic rings. The third-order valence-corrected chi connectivity index (χ3v) is 5.42. The summed E-state index contributed by atoms with van der Waals surface area (Å²) >= 11 is 0. The van der Waals surface area contributed by atoms with Crippen LogP contribution in [0.25, 0.3) is 0 Å². The first-order valence-electron chi connectivity index (χ1n) is 8.92. The molecular formula is C17H33N3O2. The van der Waals surface area contributed by atoms with Crippen LogP contribution in [0, 0.1) is 11.8 Å². The minimum atomic E-state index is -0.329. The van der Waals surface area contributed by atoms with E-state index in [0.29, 0.717) is 19.1 Å². The zero-order valence-corrected chi connectivity index (χ0v) is 14.4. The number of hydrogen-bond donors (Lipinski definition) is 2. The van der Waals surface area contributed by atoms with Gasteiger partial charge in [0.25, 0.3) is 0 Å². The molecule has 0 saturated carbocycles. The number of aliphatic hydroxyl groups excluding tert-OH is 1. The van der Waals surface area contributed by atoms with E-state index in [1.165, 1.54) is 12.8 Å². The zero-order valence-electron chi connectivity index (χ0n) is 14.4. The van der Waals surface area contributed by atoms with Crippen LogP contribution in [-0.2, 0) is 0 Å². The number of carbonyl (C=O) groups excluding carboxylic acids is 1. The number of likely N-dealkylation sites (tertiary alicyclic amines) is 2. The van der Waals surface area contributed by atoms with Crippen LogP contribution in [0.2, 0.25) is 0 Å². The monoisotopic (exact) mass is 311 g/mol. The minimum Gasteiger partial charge on any atom is -0.393 e. The molecule has 2 rings (SSSR count). The molecule has 5 nitrogen and oxygen atoms in total. The van der Waals surface area contributed by atoms with Crippen molar-refractivity contribution in [2.45, 2.75) is 58.6 Å². The Balaban J connectivity index is 1.72. The van der Waals surface area contributed by atoms with Crippen molar-refractivity contribution >= 4 is 6.03 Å². The van der Waals surface area contributed by atoms with Crippen molar-refractivity contribution in [3.63, 3.8) is 0 Å². The smallest absolute Gasteiger partial charge is 0.317 e. The first-order chi connectivity index (χ1) is 10.5. The van der Waals surface area contributed by atoms with Crippen LogP contribution in [0.5, 0.6) is 0 Å². The third-order valence-electron chi connectivity index (χ3n) is 5.42. The van der Waals surface area contributed by atoms with Crippen LogP contribution in [0.4, 0.5) is 4.79 Å². The van der Waals surface area contributed by atoms with E-state index in [9.17, 15) is 9.90 Å². The van der Waals surface area contributed by atoms with Gasteiger partial charge < -0.3 is 15.3 Å². The molecule has 128 valence electrons. The van der Waals surface area contributed by atoms with Gasteiger partial charge in [-0.1, -0.05) is 6.92 Å². The number of nitrogens with zero attached hydrogens (tertiary/aromatic N) is 2. The highest BCUT2D eigenvalue weighted by atomic mass is 16.3. The van der Waals surface area contributed by atoms with E-state index in [-0.39, 0.29) is 18.1 Å². The lowest BCUT2D eigenvalue weighted by atomic mass is 9.94. The molecule has 3 unspecified atom stereocenters. The molecule has 2 amide bonds. The first-order valence-corrected chi connectivity index (χ1v) is 8.92. The maximum absolute atomic E-state index is 12.3. The summed E-state index contributed by atoms with van der Waals surface area (Å²) in [5.41, 5.74) is 0. The van der Waals surface area contributed by atoms with E-state index in [2.05, 4.69) is 24.1 Å². The lowest BCUT2D eigenvalue weighted by Gasteiger charge is -2.36. The largest absolute Gasteiger partial charge is 0.393 e. The molecule has 2 aliphatic heterocycles. The lowest BCUT2D eigenvalue weighted by molar-refractivity contribution is 0.0730. The normalized spacial score (nSPS) is 27.5. The number of carbonyl (C=O) groups is 1. The molecular weight excluding hydrogens is 278 g/mol. The average molecular weight is 311 g/mol. The topological polar surface area (TPSA) is 55.8 Å². The molecule has 5 heteroatoms. The molecule has 0 aliphatic carbocycles. The Bertz CT molecular complexity index is 354. The van der Waals surface area contributed by atoms with Gasteiger partial charge in [0.1, 0.15) is 0 Å². The second-order valence-electron chi connectivity index (χ2n) is 7.34. The number of piperidine rings is 2. The van der Waals surface area contributed by atoms with Gasteiger partial charge in [-0.05, 0) is 58.5 Å². The van der Waals surface area contributed by atoms with Gasteiger partial charge in [0, 0.05) is 31.6 Å². The maximum Gasteiger partial charge on any atom is 0.317 e. The summed E-state index contributed by atoms with van der Waals surface area (Å²) in [6.45, 7) is 10.8. The first kappa shape index (κ1) is 17.5. The van der Waals surface area contributed by atoms with Crippen LogP contribution in [0.3, 0.4) is 0 Å². The third kappa shape index (κ3) is 4.85. The number of amides is 2. The number of urea groups is 1. The Hall–Kier alpha value is -0.810. The van der Waals surface area contributed by atoms with E-state index in [4.69, 9.17) is 0 Å². The second kappa shape index (κ2) is 8.16. The van der Waals surface area contributed by atoms with E-state index in [1.807, 2.05) is 11.8 Å². The lowest BCUT2D eigenvalue weighted by Crippen LogP contribution is -2.51. The van der Waals surface area contributed by atoms with Crippen LogP contribution in [0.1, 0.15) is 46.5 Å². The van der Waals surface area contributed by atoms with Crippen molar-refractivity contribution in [2.75, 3.05) is 32.7 Å². The molecule has 0 radical (unpaired) electrons. The highest BCUT2D eigenvalue weighted by Crippen LogP contribution is 2.20. The maximum atomic E-state index is 12.3. The second-order valence-corrected chi connectivity index (χ2v) is 7.34. The van der Waals surface area contributed by atoms with E-state index in [0.717, 1.165) is 38.4 Å². The highest BCUT2D eigenvalue weighted by molar-refractivity contribution is 5.74. The van der Waals surface area contributed by atoms with Crippen LogP contribution >= 0.6 is 0 Å². The molecule has 2 saturated heterocycles. The molecule has 0 aromatic heterocycles. The summed E-state index contributed by atoms with van der Waals surface area (Å²) < 4.78 is 0. The minimum absolute atomic E-state index is 0.0302. The molecule has 2 aliphatic rings. The standard InChI is InChI=1S/C17H33N3O2/c1-13-6-9-19(10-7-13)14(2)11-18-17(22)20-8-4-5-16(12-20)15(3)21/h13-16,21H,4-12H2,1-3H3,(H,18,22). The van der Waals surface area contributed by atoms with Gasteiger partial charge in [-0.3, -0.25) is 4.90 Å². The summed E-state index contributed by atoms with van der Waals surface area (Å²) in [4.78, 5) is 16.7. The van der Waals surface area contributed by atoms with Crippen molar-refractivity contribution in [1.29, 1.82) is 0 Å². The summed E-state index contributed by atoms with van der Waals surface area (Å²) in [7, 11) is 0. The molecule has 0 bridgehead atoms. The quantitative estimate of drug-likeness (QED) is 0.834. The van der Waals surface area contributed by atoms with E-state index >= 15 is 0 Å². The highest BCUT2D eigenvalue weighted by Gasteiger charge is 2.27. The van der Waals surface area contributed by atoms with Crippen LogP contribution in [-0.4, -0.2) is 65.8 Å². The fourth-order valence-electron chi connectivity index (χ4n) is 3.53. The summed E-state index contributed by atoms with van der Waals surface area (Å²) in [5.74, 6) is 1.06. The molecule has 3 atom stereocenters. The SMILES string of the molecule is CC1CCN(C(C)CNC(=O)N2CCCC(C(C)O)C2)CC1. The van der Waals surface area contributed by atoms with Gasteiger partial charge >= 0.3 is 6.03 Å². The Morgan fingerprint density at radius 2 is 1.91 bits per heavy atom. The number of nitrogens with one attached hydrogen (secondary N) is 1. The van der Waals surface area contributed by atoms with Gasteiger partial charge in [0.05, 0.1) is 6.10 Å². The summed E-state index contributed by atoms with van der Waals surface area (Å²) in [6, 6.07) is 0.427. The Labute approximate surface area is 135 Å². The van der Waals surface area contributed by atoms with Gasteiger partial charge in [-0.15, -0.1) is 0 Å². The van der Waals surface area contributed by atoms with Crippen LogP contribution in [0.15, 0.2) is 0 Å². The van der Waals surface area contributed by atoms with Gasteiger partial charge in [0.2, 0.25) is 0 Å². The van der Waals surface area contributed by atoms with Gasteiger partial charge in [0.15, 0.2) is 0 Å². The summed E-state index contributed by atoms with van der Waals surface area (Å²) in [6.07, 6.45) is 4.21. The Kier molecular flexibility index (Phi) is 6.50. The number of rotatable bonds is 4.